The van der Waals surface area contributed by atoms with Crippen molar-refractivity contribution in [1.29, 1.82) is 0 Å². The topological polar surface area (TPSA) is 64.4 Å². The smallest absolute Gasteiger partial charge is 0.311 e. The van der Waals surface area contributed by atoms with Crippen molar-refractivity contribution in [2.75, 3.05) is 7.11 Å². The summed E-state index contributed by atoms with van der Waals surface area (Å²) < 4.78 is 9.62. The van der Waals surface area contributed by atoms with Crippen molar-refractivity contribution >= 4 is 5.91 Å². The zero-order chi connectivity index (χ0) is 13.1. The van der Waals surface area contributed by atoms with Gasteiger partial charge in [-0.25, -0.2) is 0 Å². The summed E-state index contributed by atoms with van der Waals surface area (Å²) in [5.41, 5.74) is 0.282. The molecule has 1 aromatic heterocycles. The standard InChI is InChI=1S/C12H20N2O3/c1-6-12(3,4)8(2)13-11(15)9-7-10(16-5)17-14-9/h7-8H,6H2,1-5H3,(H,13,15). The molecule has 0 radical (unpaired) electrons. The van der Waals surface area contributed by atoms with Crippen LogP contribution in [0.25, 0.3) is 0 Å². The van der Waals surface area contributed by atoms with Gasteiger partial charge in [0.15, 0.2) is 5.69 Å². The number of hydrogen-bond donors (Lipinski definition) is 1. The summed E-state index contributed by atoms with van der Waals surface area (Å²) in [5, 5.41) is 6.54. The van der Waals surface area contributed by atoms with Crippen LogP contribution in [0.15, 0.2) is 10.6 Å². The van der Waals surface area contributed by atoms with E-state index in [4.69, 9.17) is 9.26 Å². The molecule has 0 aliphatic carbocycles. The second kappa shape index (κ2) is 5.21. The molecule has 0 aliphatic rings. The Kier molecular flexibility index (Phi) is 4.15. The van der Waals surface area contributed by atoms with E-state index in [9.17, 15) is 4.79 Å². The average molecular weight is 240 g/mol. The van der Waals surface area contributed by atoms with Gasteiger partial charge in [0.1, 0.15) is 0 Å². The predicted octanol–water partition coefficient (Wildman–Crippen LogP) is 2.24. The average Bonchev–Trinajstić information content (AvgIpc) is 2.77. The van der Waals surface area contributed by atoms with Crippen molar-refractivity contribution in [3.63, 3.8) is 0 Å². The van der Waals surface area contributed by atoms with E-state index in [0.717, 1.165) is 6.42 Å². The fourth-order valence-corrected chi connectivity index (χ4v) is 1.23. The van der Waals surface area contributed by atoms with Crippen LogP contribution in [0.3, 0.4) is 0 Å². The Morgan fingerprint density at radius 2 is 2.29 bits per heavy atom. The summed E-state index contributed by atoms with van der Waals surface area (Å²) in [6.07, 6.45) is 0.983. The fraction of sp³-hybridized carbons (Fsp3) is 0.667. The van der Waals surface area contributed by atoms with Crippen molar-refractivity contribution in [2.45, 2.75) is 40.2 Å². The Bertz CT molecular complexity index is 385. The molecule has 5 nitrogen and oxygen atoms in total. The Labute approximate surface area is 102 Å². The van der Waals surface area contributed by atoms with Crippen LogP contribution < -0.4 is 10.1 Å². The maximum Gasteiger partial charge on any atom is 0.311 e. The number of rotatable bonds is 5. The molecule has 96 valence electrons. The quantitative estimate of drug-likeness (QED) is 0.857. The minimum absolute atomic E-state index is 0.0451. The van der Waals surface area contributed by atoms with Crippen LogP contribution in [-0.2, 0) is 0 Å². The van der Waals surface area contributed by atoms with Crippen LogP contribution in [0.5, 0.6) is 5.95 Å². The Morgan fingerprint density at radius 1 is 1.65 bits per heavy atom. The molecule has 1 unspecified atom stereocenters. The van der Waals surface area contributed by atoms with Crippen molar-refractivity contribution in [2.24, 2.45) is 5.41 Å². The largest absolute Gasteiger partial charge is 0.467 e. The summed E-state index contributed by atoms with van der Waals surface area (Å²) in [7, 11) is 1.46. The lowest BCUT2D eigenvalue weighted by molar-refractivity contribution is 0.0892. The van der Waals surface area contributed by atoms with E-state index in [1.165, 1.54) is 13.2 Å². The minimum atomic E-state index is -0.244. The first-order chi connectivity index (χ1) is 7.90. The van der Waals surface area contributed by atoms with E-state index in [1.807, 2.05) is 6.92 Å². The Balaban J connectivity index is 2.66. The van der Waals surface area contributed by atoms with Crippen LogP contribution in [0.2, 0.25) is 0 Å². The summed E-state index contributed by atoms with van der Waals surface area (Å²) in [6.45, 7) is 8.31. The highest BCUT2D eigenvalue weighted by Crippen LogP contribution is 2.24. The zero-order valence-corrected chi connectivity index (χ0v) is 11.0. The number of nitrogens with one attached hydrogen (secondary N) is 1. The van der Waals surface area contributed by atoms with Gasteiger partial charge in [0.25, 0.3) is 5.91 Å². The number of aromatic nitrogens is 1. The van der Waals surface area contributed by atoms with Gasteiger partial charge < -0.3 is 14.6 Å². The molecule has 1 N–H and O–H groups in total. The second-order valence-corrected chi connectivity index (χ2v) is 4.77. The van der Waals surface area contributed by atoms with Gasteiger partial charge in [-0.05, 0) is 18.8 Å². The molecule has 0 saturated heterocycles. The molecule has 5 heteroatoms. The molecule has 0 spiro atoms. The number of nitrogens with zero attached hydrogens (tertiary/aromatic N) is 1. The maximum atomic E-state index is 11.9. The van der Waals surface area contributed by atoms with E-state index in [1.54, 1.807) is 0 Å². The maximum absolute atomic E-state index is 11.9. The molecule has 1 amide bonds. The van der Waals surface area contributed by atoms with E-state index in [2.05, 4.69) is 31.2 Å². The molecule has 1 aromatic rings. The number of carbonyl (C=O) groups is 1. The molecular formula is C12H20N2O3. The lowest BCUT2D eigenvalue weighted by atomic mass is 9.83. The Morgan fingerprint density at radius 3 is 2.76 bits per heavy atom. The highest BCUT2D eigenvalue weighted by molar-refractivity contribution is 5.92. The van der Waals surface area contributed by atoms with E-state index < -0.39 is 0 Å². The van der Waals surface area contributed by atoms with Crippen LogP contribution in [-0.4, -0.2) is 24.2 Å². The van der Waals surface area contributed by atoms with Gasteiger partial charge in [0.05, 0.1) is 13.2 Å². The molecule has 1 heterocycles. The monoisotopic (exact) mass is 240 g/mol. The highest BCUT2D eigenvalue weighted by Gasteiger charge is 2.26. The van der Waals surface area contributed by atoms with Crippen molar-refractivity contribution in [3.05, 3.63) is 11.8 Å². The van der Waals surface area contributed by atoms with Gasteiger partial charge >= 0.3 is 5.95 Å². The number of ether oxygens (including phenoxy) is 1. The number of methoxy groups -OCH3 is 1. The van der Waals surface area contributed by atoms with Gasteiger partial charge in [0.2, 0.25) is 0 Å². The molecule has 0 saturated carbocycles. The minimum Gasteiger partial charge on any atom is -0.467 e. The summed E-state index contributed by atoms with van der Waals surface area (Å²) in [6, 6.07) is 1.53. The van der Waals surface area contributed by atoms with Gasteiger partial charge in [-0.2, -0.15) is 0 Å². The normalized spacial score (nSPS) is 13.2. The molecule has 1 rings (SSSR count). The number of amides is 1. The number of carbonyl (C=O) groups excluding carboxylic acids is 1. The first kappa shape index (κ1) is 13.5. The SMILES string of the molecule is CCC(C)(C)C(C)NC(=O)c1cc(OC)on1. The lowest BCUT2D eigenvalue weighted by Crippen LogP contribution is -2.42. The molecule has 0 aliphatic heterocycles. The van der Waals surface area contributed by atoms with Gasteiger partial charge in [-0.15, -0.1) is 0 Å². The molecular weight excluding hydrogens is 220 g/mol. The first-order valence-electron chi connectivity index (χ1n) is 5.72. The molecule has 1 atom stereocenters. The van der Waals surface area contributed by atoms with Crippen LogP contribution in [0, 0.1) is 5.41 Å². The number of hydrogen-bond acceptors (Lipinski definition) is 4. The molecule has 0 bridgehead atoms. The van der Waals surface area contributed by atoms with E-state index in [0.29, 0.717) is 0 Å². The van der Waals surface area contributed by atoms with E-state index in [-0.39, 0.29) is 29.0 Å². The third kappa shape index (κ3) is 3.22. The van der Waals surface area contributed by atoms with Crippen LogP contribution in [0.4, 0.5) is 0 Å². The summed E-state index contributed by atoms with van der Waals surface area (Å²) in [5.74, 6) is -0.0105. The molecule has 0 aromatic carbocycles. The summed E-state index contributed by atoms with van der Waals surface area (Å²) in [4.78, 5) is 11.9. The lowest BCUT2D eigenvalue weighted by Gasteiger charge is -2.30. The van der Waals surface area contributed by atoms with Gasteiger partial charge in [0, 0.05) is 6.04 Å². The van der Waals surface area contributed by atoms with Crippen molar-refractivity contribution in [3.8, 4) is 5.95 Å². The van der Waals surface area contributed by atoms with Crippen LogP contribution >= 0.6 is 0 Å². The first-order valence-corrected chi connectivity index (χ1v) is 5.72. The van der Waals surface area contributed by atoms with E-state index >= 15 is 0 Å². The predicted molar refractivity (Wildman–Crippen MR) is 64.1 cm³/mol. The van der Waals surface area contributed by atoms with Crippen LogP contribution in [0.1, 0.15) is 44.6 Å². The summed E-state index contributed by atoms with van der Waals surface area (Å²) >= 11 is 0. The van der Waals surface area contributed by atoms with Crippen molar-refractivity contribution < 1.29 is 14.1 Å². The van der Waals surface area contributed by atoms with Crippen molar-refractivity contribution in [1.82, 2.24) is 10.5 Å². The Hall–Kier alpha value is -1.52. The third-order valence-corrected chi connectivity index (χ3v) is 3.35. The molecule has 0 fully saturated rings. The fourth-order valence-electron chi connectivity index (χ4n) is 1.23. The molecule has 17 heavy (non-hydrogen) atoms. The zero-order valence-electron chi connectivity index (χ0n) is 11.0. The third-order valence-electron chi connectivity index (χ3n) is 3.35. The van der Waals surface area contributed by atoms with Gasteiger partial charge in [-0.3, -0.25) is 4.79 Å². The highest BCUT2D eigenvalue weighted by atomic mass is 16.6. The van der Waals surface area contributed by atoms with Gasteiger partial charge in [-0.1, -0.05) is 25.9 Å². The second-order valence-electron chi connectivity index (χ2n) is 4.77.